The van der Waals surface area contributed by atoms with Crippen LogP contribution >= 0.6 is 0 Å². The van der Waals surface area contributed by atoms with Crippen molar-refractivity contribution in [3.63, 3.8) is 0 Å². The molecule has 0 radical (unpaired) electrons. The van der Waals surface area contributed by atoms with E-state index in [4.69, 9.17) is 60.3 Å². The number of methoxy groups -OCH3 is 8. The lowest BCUT2D eigenvalue weighted by atomic mass is 9.86. The number of unbranched alkanes of at least 4 members (excludes halogenated alkanes) is 2. The molecule has 0 spiro atoms. The summed E-state index contributed by atoms with van der Waals surface area (Å²) in [6.45, 7) is -4.73. The van der Waals surface area contributed by atoms with E-state index in [1.54, 1.807) is 40.6 Å². The Morgan fingerprint density at radius 2 is 0.819 bits per heavy atom. The van der Waals surface area contributed by atoms with Crippen LogP contribution in [0.25, 0.3) is 0 Å². The molecule has 4 aromatic rings. The fourth-order valence-corrected chi connectivity index (χ4v) is 9.78. The molecule has 72 heavy (non-hydrogen) atoms. The number of carbonyl (C=O) groups excluding carboxylic acids is 3. The first-order chi connectivity index (χ1) is 37.2. The van der Waals surface area contributed by atoms with Crippen LogP contribution in [0.15, 0.2) is 60.7 Å². The Hall–Kier alpha value is -6.39. The highest BCUT2D eigenvalue weighted by Gasteiger charge is 2.42. The van der Waals surface area contributed by atoms with E-state index < -0.39 is 48.4 Å². The van der Waals surface area contributed by atoms with Crippen LogP contribution in [0.2, 0.25) is 0 Å². The highest BCUT2D eigenvalue weighted by Crippen LogP contribution is 2.45. The zero-order chi connectivity index (χ0) is 56.8. The molecule has 0 aliphatic carbocycles. The minimum atomic E-state index is -2.55. The number of quaternary nitrogens is 2. The highest BCUT2D eigenvalue weighted by molar-refractivity contribution is 5.72. The van der Waals surface area contributed by atoms with Gasteiger partial charge in [0.15, 0.2) is 46.0 Å². The van der Waals surface area contributed by atoms with Gasteiger partial charge in [-0.15, -0.1) is 0 Å². The van der Waals surface area contributed by atoms with Crippen LogP contribution in [0.4, 0.5) is 0 Å². The third kappa shape index (κ3) is 13.6. The summed E-state index contributed by atoms with van der Waals surface area (Å²) in [4.78, 5) is 39.2. The van der Waals surface area contributed by atoms with Gasteiger partial charge in [0.25, 0.3) is 0 Å². The van der Waals surface area contributed by atoms with Crippen molar-refractivity contribution in [3.05, 3.63) is 94.0 Å². The number of likely N-dealkylation sites (N-methyl/N-ethyl adjacent to an activating group) is 2. The van der Waals surface area contributed by atoms with Gasteiger partial charge in [0.05, 0.1) is 138 Å². The van der Waals surface area contributed by atoms with Crippen LogP contribution < -0.4 is 37.9 Å². The predicted molar refractivity (Wildman–Crippen MR) is 271 cm³/mol. The van der Waals surface area contributed by atoms with Gasteiger partial charge in [-0.05, 0) is 90.0 Å². The third-order valence-corrected chi connectivity index (χ3v) is 13.8. The number of ether oxygens (including phenoxy) is 11. The fourth-order valence-electron chi connectivity index (χ4n) is 9.78. The largest absolute Gasteiger partial charge is 0.493 e. The van der Waals surface area contributed by atoms with Crippen molar-refractivity contribution in [2.45, 2.75) is 76.3 Å². The molecule has 0 N–H and O–H groups in total. The molecule has 0 unspecified atom stereocenters. The van der Waals surface area contributed by atoms with Crippen molar-refractivity contribution in [1.29, 1.82) is 0 Å². The Morgan fingerprint density at radius 3 is 1.21 bits per heavy atom. The van der Waals surface area contributed by atoms with E-state index in [2.05, 4.69) is 0 Å². The Labute approximate surface area is 433 Å². The predicted octanol–water partition coefficient (Wildman–Crippen LogP) is 8.00. The van der Waals surface area contributed by atoms with Crippen molar-refractivity contribution < 1.29 is 83.7 Å². The highest BCUT2D eigenvalue weighted by atomic mass is 16.6. The Kier molecular flexibility index (Phi) is 16.7. The molecule has 4 aromatic carbocycles. The topological polar surface area (TPSA) is 153 Å². The summed E-state index contributed by atoms with van der Waals surface area (Å²) < 4.78 is 114. The SMILES string of the molecule is [2H]C([2H])([2H])[N@+]1(CCC(=O)OCCCCCOC(=O)CCOC(=O)CC[N@@+]2(C([2H])([2H])[2H])CCc3cc(OC)c(OC)cc3[C@H]2Cc2ccc(OC)c(OC)c2)CCc2cc(OC)c(OC)cc2[C@H]1Cc1ccc(OC)c(OC)c1. The molecule has 16 heteroatoms. The summed E-state index contributed by atoms with van der Waals surface area (Å²) in [5.41, 5.74) is 5.05. The Morgan fingerprint density at radius 1 is 0.458 bits per heavy atom. The lowest BCUT2D eigenvalue weighted by molar-refractivity contribution is -0.940. The van der Waals surface area contributed by atoms with Gasteiger partial charge in [-0.1, -0.05) is 12.1 Å². The van der Waals surface area contributed by atoms with Crippen molar-refractivity contribution in [2.24, 2.45) is 0 Å². The summed E-state index contributed by atoms with van der Waals surface area (Å²) in [5, 5.41) is 0. The molecule has 0 aromatic heterocycles. The average molecular weight is 1010 g/mol. The maximum atomic E-state index is 13.3. The summed E-state index contributed by atoms with van der Waals surface area (Å²) in [5.74, 6) is 2.35. The number of esters is 3. The van der Waals surface area contributed by atoms with Gasteiger partial charge in [-0.25, -0.2) is 0 Å². The lowest BCUT2D eigenvalue weighted by Gasteiger charge is -2.46. The van der Waals surface area contributed by atoms with E-state index in [1.165, 1.54) is 28.4 Å². The van der Waals surface area contributed by atoms with Crippen LogP contribution in [-0.4, -0.2) is 144 Å². The van der Waals surface area contributed by atoms with Crippen molar-refractivity contribution >= 4 is 17.9 Å². The standard InChI is InChI=1S/C56H76N2O14/c1-57(23-18-40-34-50(66-7)52(68-9)36-42(40)44(57)30-38-14-16-46(62-3)48(32-38)64-5)25-20-54(59)70-27-12-11-13-28-71-56(61)22-29-72-55(60)21-26-58(2)24-19-41-35-51(67-8)53(69-10)37-43(41)45(58)31-39-15-17-47(63-4)49(33-39)65-6/h14-17,32-37,44-45H,11-13,18-31H2,1-10H3/q+2/t44-,45-,57-,58-/m1/s1/i1D3,2D3. The van der Waals surface area contributed by atoms with E-state index in [-0.39, 0.29) is 76.2 Å². The van der Waals surface area contributed by atoms with Crippen LogP contribution in [0, 0.1) is 0 Å². The van der Waals surface area contributed by atoms with Gasteiger partial charge < -0.3 is 61.1 Å². The normalized spacial score (nSPS) is 20.5. The second-order valence-electron chi connectivity index (χ2n) is 18.1. The first-order valence-corrected chi connectivity index (χ1v) is 24.4. The minimum absolute atomic E-state index is 0.00189. The first kappa shape index (κ1) is 46.7. The molecule has 0 bridgehead atoms. The molecule has 2 aliphatic rings. The van der Waals surface area contributed by atoms with Gasteiger partial charge in [0, 0.05) is 36.8 Å². The molecular formula is C56H76N2O14+2. The molecule has 0 fully saturated rings. The smallest absolute Gasteiger partial charge is 0.311 e. The van der Waals surface area contributed by atoms with Gasteiger partial charge in [-0.3, -0.25) is 14.4 Å². The maximum Gasteiger partial charge on any atom is 0.311 e. The van der Waals surface area contributed by atoms with E-state index in [0.717, 1.165) is 33.4 Å². The van der Waals surface area contributed by atoms with Crippen molar-refractivity contribution in [3.8, 4) is 46.0 Å². The molecule has 392 valence electrons. The molecule has 16 nitrogen and oxygen atoms in total. The third-order valence-electron chi connectivity index (χ3n) is 13.8. The second-order valence-corrected chi connectivity index (χ2v) is 18.1. The number of hydrogen-bond acceptors (Lipinski definition) is 14. The minimum Gasteiger partial charge on any atom is -0.493 e. The average Bonchev–Trinajstić information content (AvgIpc) is 3.43. The van der Waals surface area contributed by atoms with Crippen LogP contribution in [0.3, 0.4) is 0 Å². The summed E-state index contributed by atoms with van der Waals surface area (Å²) >= 11 is 0. The number of benzene rings is 4. The van der Waals surface area contributed by atoms with Gasteiger partial charge >= 0.3 is 17.9 Å². The molecule has 6 rings (SSSR count). The monoisotopic (exact) mass is 1010 g/mol. The summed E-state index contributed by atoms with van der Waals surface area (Å²) in [7, 11) is 12.3. The number of carbonyl (C=O) groups is 3. The molecule has 0 saturated heterocycles. The number of hydrogen-bond donors (Lipinski definition) is 0. The second kappa shape index (κ2) is 25.8. The Bertz CT molecular complexity index is 2700. The zero-order valence-electron chi connectivity index (χ0n) is 49.1. The molecular weight excluding hydrogens is 925 g/mol. The summed E-state index contributed by atoms with van der Waals surface area (Å²) in [6.07, 6.45) is 2.43. The van der Waals surface area contributed by atoms with Gasteiger partial charge in [-0.2, -0.15) is 0 Å². The van der Waals surface area contributed by atoms with Crippen molar-refractivity contribution in [1.82, 2.24) is 0 Å². The van der Waals surface area contributed by atoms with E-state index in [1.807, 2.05) is 48.5 Å². The lowest BCUT2D eigenvalue weighted by Crippen LogP contribution is -2.53. The summed E-state index contributed by atoms with van der Waals surface area (Å²) in [6, 6.07) is 17.2. The molecule has 4 atom stereocenters. The van der Waals surface area contributed by atoms with Gasteiger partial charge in [0.1, 0.15) is 18.7 Å². The Balaban J connectivity index is 0.982. The molecule has 0 amide bonds. The molecule has 2 aliphatic heterocycles. The first-order valence-electron chi connectivity index (χ1n) is 27.4. The fraction of sp³-hybridized carbons (Fsp3) is 0.518. The van der Waals surface area contributed by atoms with E-state index in [0.29, 0.717) is 84.5 Å². The zero-order valence-corrected chi connectivity index (χ0v) is 43.1. The van der Waals surface area contributed by atoms with Crippen LogP contribution in [0.1, 0.15) is 92.2 Å². The number of rotatable bonds is 27. The molecule has 2 heterocycles. The van der Waals surface area contributed by atoms with E-state index in [9.17, 15) is 14.4 Å². The van der Waals surface area contributed by atoms with Crippen molar-refractivity contribution in [2.75, 3.05) is 117 Å². The van der Waals surface area contributed by atoms with E-state index >= 15 is 0 Å². The molecule has 0 saturated carbocycles. The van der Waals surface area contributed by atoms with Crippen LogP contribution in [-0.2, 0) is 54.3 Å². The van der Waals surface area contributed by atoms with Gasteiger partial charge in [0.2, 0.25) is 0 Å². The quantitative estimate of drug-likeness (QED) is 0.0245. The van der Waals surface area contributed by atoms with Crippen LogP contribution in [0.5, 0.6) is 46.0 Å². The maximum absolute atomic E-state index is 13.3. The number of nitrogens with zero attached hydrogens (tertiary/aromatic N) is 2. The number of fused-ring (bicyclic) bond motifs is 2.